The first-order chi connectivity index (χ1) is 17.0. The molecule has 1 fully saturated rings. The second-order valence-electron chi connectivity index (χ2n) is 8.26. The van der Waals surface area contributed by atoms with Crippen LogP contribution in [0, 0.1) is 5.95 Å². The number of aliphatic imine (C=N–C) groups is 1. The number of aromatic amines is 1. The Morgan fingerprint density at radius 3 is 2.74 bits per heavy atom. The highest BCUT2D eigenvalue weighted by atomic mass is 19.1. The van der Waals surface area contributed by atoms with Crippen LogP contribution in [0.25, 0.3) is 16.6 Å². The number of piperidine rings is 1. The first-order valence-corrected chi connectivity index (χ1v) is 11.3. The molecule has 5 N–H and O–H groups in total. The number of hydrogen-bond donors (Lipinski definition) is 4. The van der Waals surface area contributed by atoms with E-state index in [0.29, 0.717) is 28.0 Å². The summed E-state index contributed by atoms with van der Waals surface area (Å²) in [6.45, 7) is 2.02. The van der Waals surface area contributed by atoms with Crippen molar-refractivity contribution in [2.45, 2.75) is 19.3 Å². The van der Waals surface area contributed by atoms with Gasteiger partial charge in [0.2, 0.25) is 11.9 Å². The van der Waals surface area contributed by atoms with Crippen molar-refractivity contribution in [3.8, 4) is 0 Å². The fourth-order valence-electron chi connectivity index (χ4n) is 3.96. The maximum absolute atomic E-state index is 14.3. The zero-order valence-electron chi connectivity index (χ0n) is 19.3. The van der Waals surface area contributed by atoms with Gasteiger partial charge in [-0.2, -0.15) is 4.39 Å². The second-order valence-corrected chi connectivity index (χ2v) is 8.26. The summed E-state index contributed by atoms with van der Waals surface area (Å²) >= 11 is 0. The van der Waals surface area contributed by atoms with Crippen LogP contribution in [0.2, 0.25) is 0 Å². The number of carbonyl (C=O) groups excluding carboxylic acids is 2. The van der Waals surface area contributed by atoms with Crippen LogP contribution in [0.3, 0.4) is 0 Å². The maximum atomic E-state index is 14.3. The van der Waals surface area contributed by atoms with Gasteiger partial charge in [0.25, 0.3) is 5.91 Å². The van der Waals surface area contributed by atoms with Crippen molar-refractivity contribution in [2.24, 2.45) is 10.7 Å². The number of amides is 2. The number of aromatic nitrogens is 3. The number of carbonyl (C=O) groups is 2. The Morgan fingerprint density at radius 2 is 2.00 bits per heavy atom. The molecule has 4 heterocycles. The maximum Gasteiger partial charge on any atom is 0.257 e. The summed E-state index contributed by atoms with van der Waals surface area (Å²) in [5.74, 6) is -1.64. The number of nitrogens with one attached hydrogen (secondary N) is 3. The van der Waals surface area contributed by atoms with Gasteiger partial charge in [-0.05, 0) is 44.1 Å². The average molecular weight is 485 g/mol. The second kappa shape index (κ2) is 10.9. The molecule has 0 unspecified atom stereocenters. The summed E-state index contributed by atoms with van der Waals surface area (Å²) in [4.78, 5) is 42.3. The number of likely N-dealkylation sites (tertiary alicyclic amines) is 1. The number of nitrogens with zero attached hydrogens (tertiary/aromatic N) is 4. The summed E-state index contributed by atoms with van der Waals surface area (Å²) in [6, 6.07) is 4.77. The molecular formula is C24H33FN8O2. The van der Waals surface area contributed by atoms with Crippen molar-refractivity contribution in [2.75, 3.05) is 37.3 Å². The molecule has 4 rings (SSSR count). The number of halogens is 1. The summed E-state index contributed by atoms with van der Waals surface area (Å²) in [5.41, 5.74) is 7.96. The van der Waals surface area contributed by atoms with E-state index in [2.05, 4.69) is 35.5 Å². The monoisotopic (exact) mass is 484 g/mol. The predicted molar refractivity (Wildman–Crippen MR) is 140 cm³/mol. The van der Waals surface area contributed by atoms with Gasteiger partial charge in [0.15, 0.2) is 0 Å². The number of fused-ring (bicyclic) bond motifs is 1. The Bertz CT molecular complexity index is 1310. The quantitative estimate of drug-likeness (QED) is 0.299. The van der Waals surface area contributed by atoms with Crippen LogP contribution >= 0.6 is 0 Å². The van der Waals surface area contributed by atoms with Gasteiger partial charge in [0, 0.05) is 40.9 Å². The van der Waals surface area contributed by atoms with Crippen molar-refractivity contribution in [1.82, 2.24) is 19.9 Å². The highest BCUT2D eigenvalue weighted by Crippen LogP contribution is 2.22. The number of rotatable bonds is 7. The fourth-order valence-corrected chi connectivity index (χ4v) is 3.96. The van der Waals surface area contributed by atoms with Crippen molar-refractivity contribution in [1.29, 1.82) is 0 Å². The lowest BCUT2D eigenvalue weighted by Gasteiger charge is -2.25. The molecule has 0 spiro atoms. The Kier molecular flexibility index (Phi) is 7.46. The van der Waals surface area contributed by atoms with Crippen LogP contribution < -0.4 is 16.4 Å². The van der Waals surface area contributed by atoms with E-state index in [1.54, 1.807) is 25.4 Å². The van der Waals surface area contributed by atoms with Crippen LogP contribution in [-0.4, -0.2) is 64.6 Å². The molecule has 35 heavy (non-hydrogen) atoms. The Balaban J connectivity index is 0.00000241. The van der Waals surface area contributed by atoms with E-state index in [9.17, 15) is 14.0 Å². The third-order valence-electron chi connectivity index (χ3n) is 5.68. The minimum Gasteiger partial charge on any atom is -0.404 e. The van der Waals surface area contributed by atoms with E-state index in [0.717, 1.165) is 25.9 Å². The van der Waals surface area contributed by atoms with Gasteiger partial charge in [0.1, 0.15) is 5.65 Å². The Hall–Kier alpha value is -4.12. The molecule has 3 aromatic rings. The molecule has 10 nitrogen and oxygen atoms in total. The van der Waals surface area contributed by atoms with Gasteiger partial charge < -0.3 is 21.4 Å². The predicted octanol–water partition coefficient (Wildman–Crippen LogP) is 3.51. The van der Waals surface area contributed by atoms with E-state index in [1.165, 1.54) is 31.1 Å². The lowest BCUT2D eigenvalue weighted by molar-refractivity contribution is -0.117. The molecule has 11 heteroatoms. The van der Waals surface area contributed by atoms with Gasteiger partial charge in [-0.3, -0.25) is 19.5 Å². The molecule has 2 amide bonds. The molecule has 0 saturated carbocycles. The summed E-state index contributed by atoms with van der Waals surface area (Å²) in [6.07, 6.45) is 8.94. The molecule has 1 aliphatic heterocycles. The van der Waals surface area contributed by atoms with Crippen molar-refractivity contribution >= 4 is 46.0 Å². The molecule has 1 aliphatic rings. The fraction of sp³-hybridized carbons (Fsp3) is 0.292. The SMILES string of the molecule is CN=C/C(=C\N)c1cc2cc(C(=O)Nc3cc(NC(=O)CN4CCCCC4)cnc3F)cnc2[nH]1.[HH].[HH].[HH]. The van der Waals surface area contributed by atoms with Crippen LogP contribution in [-0.2, 0) is 4.79 Å². The highest BCUT2D eigenvalue weighted by molar-refractivity contribution is 6.10. The number of pyridine rings is 2. The Labute approximate surface area is 206 Å². The number of H-pyrrole nitrogens is 1. The zero-order chi connectivity index (χ0) is 24.8. The van der Waals surface area contributed by atoms with Crippen LogP contribution in [0.4, 0.5) is 15.8 Å². The van der Waals surface area contributed by atoms with Gasteiger partial charge >= 0.3 is 0 Å². The lowest BCUT2D eigenvalue weighted by atomic mass is 10.1. The van der Waals surface area contributed by atoms with Crippen molar-refractivity contribution in [3.63, 3.8) is 0 Å². The molecule has 188 valence electrons. The van der Waals surface area contributed by atoms with Gasteiger partial charge in [0.05, 0.1) is 35.4 Å². The lowest BCUT2D eigenvalue weighted by Crippen LogP contribution is -2.36. The highest BCUT2D eigenvalue weighted by Gasteiger charge is 2.16. The largest absolute Gasteiger partial charge is 0.404 e. The third-order valence-corrected chi connectivity index (χ3v) is 5.68. The number of allylic oxidation sites excluding steroid dienone is 1. The first-order valence-electron chi connectivity index (χ1n) is 11.3. The molecule has 0 aliphatic carbocycles. The molecule has 0 bridgehead atoms. The topological polar surface area (TPSA) is 141 Å². The zero-order valence-corrected chi connectivity index (χ0v) is 19.3. The minimum atomic E-state index is -0.859. The molecule has 0 atom stereocenters. The van der Waals surface area contributed by atoms with Crippen molar-refractivity contribution < 1.29 is 18.3 Å². The van der Waals surface area contributed by atoms with Gasteiger partial charge in [-0.1, -0.05) is 6.42 Å². The molecule has 0 aromatic carbocycles. The molecule has 0 radical (unpaired) electrons. The average Bonchev–Trinajstić information content (AvgIpc) is 3.28. The van der Waals surface area contributed by atoms with Gasteiger partial charge in [-0.15, -0.1) is 0 Å². The van der Waals surface area contributed by atoms with E-state index >= 15 is 0 Å². The number of anilines is 2. The first kappa shape index (κ1) is 24.0. The van der Waals surface area contributed by atoms with Crippen LogP contribution in [0.15, 0.2) is 41.8 Å². The Morgan fingerprint density at radius 1 is 1.20 bits per heavy atom. The van der Waals surface area contributed by atoms with E-state index in [4.69, 9.17) is 5.73 Å². The van der Waals surface area contributed by atoms with Gasteiger partial charge in [-0.25, -0.2) is 9.97 Å². The summed E-state index contributed by atoms with van der Waals surface area (Å²) in [7, 11) is 1.63. The number of nitrogens with two attached hydrogens (primary N) is 1. The standard InChI is InChI=1S/C24H27FN8O2.3H2/c1-27-11-17(10-26)19-8-15-7-16(12-29-23(15)31-19)24(35)32-20-9-18(13-28-22(20)25)30-21(34)14-33-5-3-2-4-6-33;;;/h7-13H,2-6,14,26H2,1H3,(H,29,31)(H,30,34)(H,32,35);3*1H/b17-10+,27-11?;;;. The van der Waals surface area contributed by atoms with Crippen LogP contribution in [0.1, 0.15) is 39.6 Å². The van der Waals surface area contributed by atoms with E-state index < -0.39 is 11.9 Å². The molecule has 1 saturated heterocycles. The summed E-state index contributed by atoms with van der Waals surface area (Å²) < 4.78 is 14.3. The van der Waals surface area contributed by atoms with Crippen molar-refractivity contribution in [3.05, 3.63) is 54.0 Å². The smallest absolute Gasteiger partial charge is 0.257 e. The molecular weight excluding hydrogens is 451 g/mol. The van der Waals surface area contributed by atoms with E-state index in [-0.39, 0.29) is 28.0 Å². The minimum absolute atomic E-state index is 0. The van der Waals surface area contributed by atoms with E-state index in [1.807, 2.05) is 0 Å². The summed E-state index contributed by atoms with van der Waals surface area (Å²) in [5, 5.41) is 5.90. The number of hydrogen-bond acceptors (Lipinski definition) is 7. The third kappa shape index (κ3) is 5.87. The van der Waals surface area contributed by atoms with Crippen LogP contribution in [0.5, 0.6) is 0 Å². The normalized spacial score (nSPS) is 15.0. The molecule has 3 aromatic heterocycles.